The molecule has 0 aromatic carbocycles. The second kappa shape index (κ2) is 4.45. The molecule has 0 unspecified atom stereocenters. The average molecular weight is 210 g/mol. The van der Waals surface area contributed by atoms with Gasteiger partial charge in [-0.15, -0.1) is 0 Å². The molecule has 0 bridgehead atoms. The molecule has 2 fully saturated rings. The van der Waals surface area contributed by atoms with Crippen LogP contribution in [0.2, 0.25) is 0 Å². The van der Waals surface area contributed by atoms with Crippen LogP contribution in [0.4, 0.5) is 0 Å². The third-order valence-corrected chi connectivity index (χ3v) is 4.92. The van der Waals surface area contributed by atoms with Crippen molar-refractivity contribution in [2.75, 3.05) is 0 Å². The summed E-state index contributed by atoms with van der Waals surface area (Å²) in [6, 6.07) is 0. The molecular weight excluding hydrogens is 184 g/mol. The highest BCUT2D eigenvalue weighted by Gasteiger charge is 2.40. The van der Waals surface area contributed by atoms with Crippen LogP contribution in [-0.4, -0.2) is 10.7 Å². The molecule has 2 saturated carbocycles. The van der Waals surface area contributed by atoms with Gasteiger partial charge >= 0.3 is 0 Å². The van der Waals surface area contributed by atoms with E-state index in [1.165, 1.54) is 38.5 Å². The van der Waals surface area contributed by atoms with Crippen molar-refractivity contribution in [2.24, 2.45) is 17.8 Å². The van der Waals surface area contributed by atoms with E-state index < -0.39 is 0 Å². The van der Waals surface area contributed by atoms with Gasteiger partial charge in [0.1, 0.15) is 0 Å². The van der Waals surface area contributed by atoms with Crippen LogP contribution in [0.5, 0.6) is 0 Å². The molecule has 2 rings (SSSR count). The van der Waals surface area contributed by atoms with Gasteiger partial charge in [-0.25, -0.2) is 0 Å². The van der Waals surface area contributed by atoms with Gasteiger partial charge in [-0.2, -0.15) is 0 Å². The summed E-state index contributed by atoms with van der Waals surface area (Å²) >= 11 is 0. The fraction of sp³-hybridized carbons (Fsp3) is 1.00. The topological polar surface area (TPSA) is 20.2 Å². The van der Waals surface area contributed by atoms with Crippen molar-refractivity contribution in [3.8, 4) is 0 Å². The molecule has 15 heavy (non-hydrogen) atoms. The summed E-state index contributed by atoms with van der Waals surface area (Å²) in [6.45, 7) is 4.67. The summed E-state index contributed by atoms with van der Waals surface area (Å²) in [5.74, 6) is 2.35. The predicted molar refractivity (Wildman–Crippen MR) is 63.7 cm³/mol. The Bertz CT molecular complexity index is 195. The SMILES string of the molecule is CC1CCC(C2(O)CCC(C)CC2)CC1. The lowest BCUT2D eigenvalue weighted by Gasteiger charge is -2.43. The molecule has 88 valence electrons. The zero-order valence-electron chi connectivity index (χ0n) is 10.3. The fourth-order valence-corrected chi connectivity index (χ4v) is 3.47. The standard InChI is InChI=1S/C14H26O/c1-11-3-5-13(6-4-11)14(15)9-7-12(2)8-10-14/h11-13,15H,3-10H2,1-2H3. The summed E-state index contributed by atoms with van der Waals surface area (Å²) in [4.78, 5) is 0. The molecule has 0 aliphatic heterocycles. The fourth-order valence-electron chi connectivity index (χ4n) is 3.47. The smallest absolute Gasteiger partial charge is 0.0676 e. The zero-order chi connectivity index (χ0) is 10.9. The lowest BCUT2D eigenvalue weighted by Crippen LogP contribution is -2.42. The van der Waals surface area contributed by atoms with Crippen molar-refractivity contribution in [3.05, 3.63) is 0 Å². The van der Waals surface area contributed by atoms with Crippen molar-refractivity contribution in [1.29, 1.82) is 0 Å². The molecular formula is C14H26O. The lowest BCUT2D eigenvalue weighted by molar-refractivity contribution is -0.0723. The largest absolute Gasteiger partial charge is 0.390 e. The maximum atomic E-state index is 10.7. The Morgan fingerprint density at radius 3 is 1.80 bits per heavy atom. The molecule has 0 spiro atoms. The number of rotatable bonds is 1. The Kier molecular flexibility index (Phi) is 3.39. The van der Waals surface area contributed by atoms with Crippen molar-refractivity contribution in [3.63, 3.8) is 0 Å². The molecule has 1 nitrogen and oxygen atoms in total. The average Bonchev–Trinajstić information content (AvgIpc) is 2.24. The van der Waals surface area contributed by atoms with Gasteiger partial charge in [0.2, 0.25) is 0 Å². The minimum Gasteiger partial charge on any atom is -0.390 e. The molecule has 0 radical (unpaired) electrons. The summed E-state index contributed by atoms with van der Waals surface area (Å²) in [7, 11) is 0. The summed E-state index contributed by atoms with van der Waals surface area (Å²) in [5.41, 5.74) is -0.285. The first-order chi connectivity index (χ1) is 7.10. The van der Waals surface area contributed by atoms with E-state index in [1.54, 1.807) is 0 Å². The van der Waals surface area contributed by atoms with Crippen molar-refractivity contribution >= 4 is 0 Å². The first-order valence-electron chi connectivity index (χ1n) is 6.82. The molecule has 2 aliphatic carbocycles. The normalized spacial score (nSPS) is 47.8. The van der Waals surface area contributed by atoms with E-state index >= 15 is 0 Å². The maximum absolute atomic E-state index is 10.7. The van der Waals surface area contributed by atoms with Crippen LogP contribution in [0, 0.1) is 17.8 Å². The molecule has 0 saturated heterocycles. The van der Waals surface area contributed by atoms with Crippen molar-refractivity contribution in [2.45, 2.75) is 70.8 Å². The van der Waals surface area contributed by atoms with Crippen LogP contribution >= 0.6 is 0 Å². The van der Waals surface area contributed by atoms with Gasteiger partial charge in [-0.3, -0.25) is 0 Å². The predicted octanol–water partition coefficient (Wildman–Crippen LogP) is 3.75. The Morgan fingerprint density at radius 1 is 0.800 bits per heavy atom. The van der Waals surface area contributed by atoms with Crippen molar-refractivity contribution < 1.29 is 5.11 Å². The van der Waals surface area contributed by atoms with E-state index in [1.807, 2.05) is 0 Å². The lowest BCUT2D eigenvalue weighted by atomic mass is 9.67. The van der Waals surface area contributed by atoms with Gasteiger partial charge in [0.25, 0.3) is 0 Å². The molecule has 0 amide bonds. The van der Waals surface area contributed by atoms with E-state index in [4.69, 9.17) is 0 Å². The van der Waals surface area contributed by atoms with E-state index in [0.29, 0.717) is 5.92 Å². The number of aliphatic hydroxyl groups is 1. The monoisotopic (exact) mass is 210 g/mol. The zero-order valence-corrected chi connectivity index (χ0v) is 10.3. The van der Waals surface area contributed by atoms with Gasteiger partial charge in [-0.1, -0.05) is 26.7 Å². The molecule has 1 heteroatoms. The van der Waals surface area contributed by atoms with E-state index in [-0.39, 0.29) is 5.60 Å². The van der Waals surface area contributed by atoms with Crippen LogP contribution in [0.15, 0.2) is 0 Å². The Balaban J connectivity index is 1.91. The first-order valence-corrected chi connectivity index (χ1v) is 6.82. The molecule has 0 aromatic rings. The summed E-state index contributed by atoms with van der Waals surface area (Å²) in [6.07, 6.45) is 9.81. The maximum Gasteiger partial charge on any atom is 0.0676 e. The van der Waals surface area contributed by atoms with Gasteiger partial charge in [0.05, 0.1) is 5.60 Å². The summed E-state index contributed by atoms with van der Waals surface area (Å²) in [5, 5.41) is 10.7. The van der Waals surface area contributed by atoms with Gasteiger partial charge in [-0.05, 0) is 56.3 Å². The third-order valence-electron chi connectivity index (χ3n) is 4.92. The molecule has 2 aliphatic rings. The molecule has 0 aromatic heterocycles. The van der Waals surface area contributed by atoms with Gasteiger partial charge in [0.15, 0.2) is 0 Å². The Labute approximate surface area is 94.3 Å². The summed E-state index contributed by atoms with van der Waals surface area (Å²) < 4.78 is 0. The molecule has 0 heterocycles. The Hall–Kier alpha value is -0.0400. The third kappa shape index (κ3) is 2.55. The second-order valence-corrected chi connectivity index (χ2v) is 6.24. The van der Waals surface area contributed by atoms with Crippen LogP contribution in [0.3, 0.4) is 0 Å². The van der Waals surface area contributed by atoms with Crippen molar-refractivity contribution in [1.82, 2.24) is 0 Å². The highest BCUT2D eigenvalue weighted by atomic mass is 16.3. The van der Waals surface area contributed by atoms with Crippen LogP contribution in [-0.2, 0) is 0 Å². The number of hydrogen-bond acceptors (Lipinski definition) is 1. The van der Waals surface area contributed by atoms with E-state index in [0.717, 1.165) is 24.7 Å². The highest BCUT2D eigenvalue weighted by molar-refractivity contribution is 4.92. The highest BCUT2D eigenvalue weighted by Crippen LogP contribution is 2.43. The van der Waals surface area contributed by atoms with Crippen LogP contribution in [0.1, 0.15) is 65.2 Å². The van der Waals surface area contributed by atoms with E-state index in [2.05, 4.69) is 13.8 Å². The van der Waals surface area contributed by atoms with Crippen LogP contribution in [0.25, 0.3) is 0 Å². The molecule has 0 atom stereocenters. The van der Waals surface area contributed by atoms with Gasteiger partial charge < -0.3 is 5.11 Å². The first kappa shape index (κ1) is 11.4. The minimum absolute atomic E-state index is 0.285. The quantitative estimate of drug-likeness (QED) is 0.699. The second-order valence-electron chi connectivity index (χ2n) is 6.24. The van der Waals surface area contributed by atoms with Crippen LogP contribution < -0.4 is 0 Å². The van der Waals surface area contributed by atoms with Gasteiger partial charge in [0, 0.05) is 0 Å². The van der Waals surface area contributed by atoms with E-state index in [9.17, 15) is 5.11 Å². The minimum atomic E-state index is -0.285. The Morgan fingerprint density at radius 2 is 1.27 bits per heavy atom. The molecule has 1 N–H and O–H groups in total. The number of hydrogen-bond donors (Lipinski definition) is 1.